The molecule has 0 atom stereocenters. The molecule has 0 aliphatic rings. The van der Waals surface area contributed by atoms with Crippen molar-refractivity contribution in [2.24, 2.45) is 0 Å². The van der Waals surface area contributed by atoms with E-state index in [2.05, 4.69) is 11.1 Å². The van der Waals surface area contributed by atoms with Crippen LogP contribution in [0.5, 0.6) is 0 Å². The van der Waals surface area contributed by atoms with E-state index in [1.807, 2.05) is 43.3 Å². The number of nitrogens with one attached hydrogen (secondary N) is 1. The van der Waals surface area contributed by atoms with Crippen molar-refractivity contribution in [1.29, 1.82) is 0 Å². The Morgan fingerprint density at radius 3 is 2.74 bits per heavy atom. The van der Waals surface area contributed by atoms with Crippen molar-refractivity contribution in [1.82, 2.24) is 4.98 Å². The average molecular weight is 270 g/mol. The number of halogens is 1. The number of fused-ring (bicyclic) bond motifs is 1. The number of carbonyl (C=O) groups is 1. The minimum atomic E-state index is 0.630. The summed E-state index contributed by atoms with van der Waals surface area (Å²) in [5.41, 5.74) is 4.59. The smallest absolute Gasteiger partial charge is 0.152 e. The van der Waals surface area contributed by atoms with Crippen molar-refractivity contribution in [2.45, 2.75) is 6.92 Å². The molecule has 0 saturated carbocycles. The lowest BCUT2D eigenvalue weighted by molar-refractivity contribution is 0.112. The van der Waals surface area contributed by atoms with Gasteiger partial charge in [0.05, 0.1) is 5.69 Å². The monoisotopic (exact) mass is 269 g/mol. The summed E-state index contributed by atoms with van der Waals surface area (Å²) >= 11 is 6.00. The molecule has 3 aromatic rings. The minimum absolute atomic E-state index is 0.630. The Labute approximate surface area is 116 Å². The average Bonchev–Trinajstić information content (AvgIpc) is 2.76. The van der Waals surface area contributed by atoms with Gasteiger partial charge in [-0.25, -0.2) is 0 Å². The Kier molecular flexibility index (Phi) is 2.88. The molecule has 2 aromatic carbocycles. The van der Waals surface area contributed by atoms with Gasteiger partial charge in [-0.15, -0.1) is 0 Å². The van der Waals surface area contributed by atoms with Crippen LogP contribution < -0.4 is 0 Å². The van der Waals surface area contributed by atoms with E-state index in [1.54, 1.807) is 0 Å². The highest BCUT2D eigenvalue weighted by Gasteiger charge is 2.12. The number of rotatable bonds is 2. The number of benzene rings is 2. The van der Waals surface area contributed by atoms with E-state index in [9.17, 15) is 4.79 Å². The number of aryl methyl sites for hydroxylation is 1. The summed E-state index contributed by atoms with van der Waals surface area (Å²) in [7, 11) is 0. The molecule has 3 heteroatoms. The fraction of sp³-hybridized carbons (Fsp3) is 0.0625. The zero-order valence-corrected chi connectivity index (χ0v) is 11.2. The second-order valence-corrected chi connectivity index (χ2v) is 5.03. The largest absolute Gasteiger partial charge is 0.354 e. The molecule has 1 N–H and O–H groups in total. The molecular weight excluding hydrogens is 258 g/mol. The third-order valence-corrected chi connectivity index (χ3v) is 3.46. The Morgan fingerprint density at radius 2 is 2.00 bits per heavy atom. The first-order chi connectivity index (χ1) is 9.19. The van der Waals surface area contributed by atoms with Gasteiger partial charge in [-0.3, -0.25) is 4.79 Å². The van der Waals surface area contributed by atoms with Crippen LogP contribution in [-0.2, 0) is 0 Å². The number of aromatic nitrogens is 1. The summed E-state index contributed by atoms with van der Waals surface area (Å²) in [5.74, 6) is 0. The van der Waals surface area contributed by atoms with Gasteiger partial charge < -0.3 is 4.98 Å². The van der Waals surface area contributed by atoms with Gasteiger partial charge in [0.2, 0.25) is 0 Å². The van der Waals surface area contributed by atoms with Crippen LogP contribution in [0.2, 0.25) is 5.02 Å². The topological polar surface area (TPSA) is 32.9 Å². The molecule has 0 fully saturated rings. The molecule has 0 aliphatic carbocycles. The molecule has 1 aromatic heterocycles. The Hall–Kier alpha value is -2.06. The van der Waals surface area contributed by atoms with Gasteiger partial charge in [-0.05, 0) is 36.8 Å². The fourth-order valence-corrected chi connectivity index (χ4v) is 2.51. The first-order valence-electron chi connectivity index (χ1n) is 6.02. The summed E-state index contributed by atoms with van der Waals surface area (Å²) in [6, 6.07) is 13.6. The third-order valence-electron chi connectivity index (χ3n) is 3.23. The van der Waals surface area contributed by atoms with Crippen LogP contribution >= 0.6 is 11.6 Å². The maximum atomic E-state index is 11.4. The van der Waals surface area contributed by atoms with Crippen LogP contribution in [-0.4, -0.2) is 11.3 Å². The molecular formula is C16H12ClNO. The Bertz CT molecular complexity index is 774. The van der Waals surface area contributed by atoms with Crippen LogP contribution in [0.3, 0.4) is 0 Å². The second-order valence-electron chi connectivity index (χ2n) is 4.59. The molecule has 0 spiro atoms. The molecule has 0 radical (unpaired) electrons. The lowest BCUT2D eigenvalue weighted by Crippen LogP contribution is -1.85. The summed E-state index contributed by atoms with van der Waals surface area (Å²) in [5, 5.41) is 1.49. The highest BCUT2D eigenvalue weighted by molar-refractivity contribution is 6.31. The van der Waals surface area contributed by atoms with Crippen molar-refractivity contribution in [3.05, 3.63) is 58.6 Å². The predicted molar refractivity (Wildman–Crippen MR) is 78.9 cm³/mol. The maximum absolute atomic E-state index is 11.4. The molecule has 94 valence electrons. The van der Waals surface area contributed by atoms with Crippen LogP contribution in [0, 0.1) is 6.92 Å². The van der Waals surface area contributed by atoms with Crippen molar-refractivity contribution >= 4 is 28.8 Å². The molecule has 0 unspecified atom stereocenters. The van der Waals surface area contributed by atoms with Gasteiger partial charge in [-0.1, -0.05) is 35.4 Å². The zero-order valence-electron chi connectivity index (χ0n) is 10.4. The molecule has 1 heterocycles. The quantitative estimate of drug-likeness (QED) is 0.677. The van der Waals surface area contributed by atoms with Gasteiger partial charge in [0.1, 0.15) is 0 Å². The van der Waals surface area contributed by atoms with Gasteiger partial charge in [0.15, 0.2) is 6.29 Å². The third kappa shape index (κ3) is 2.04. The van der Waals surface area contributed by atoms with Crippen LogP contribution in [0.4, 0.5) is 0 Å². The summed E-state index contributed by atoms with van der Waals surface area (Å²) in [6.45, 7) is 2.03. The van der Waals surface area contributed by atoms with E-state index >= 15 is 0 Å². The minimum Gasteiger partial charge on any atom is -0.354 e. The SMILES string of the molecule is Cc1cccc(-c2[nH]c3ccc(Cl)cc3c2C=O)c1. The summed E-state index contributed by atoms with van der Waals surface area (Å²) < 4.78 is 0. The molecule has 3 rings (SSSR count). The lowest BCUT2D eigenvalue weighted by atomic mass is 10.0. The van der Waals surface area contributed by atoms with Gasteiger partial charge in [0.25, 0.3) is 0 Å². The van der Waals surface area contributed by atoms with Crippen LogP contribution in [0.15, 0.2) is 42.5 Å². The molecule has 0 amide bonds. The fourth-order valence-electron chi connectivity index (χ4n) is 2.34. The first-order valence-corrected chi connectivity index (χ1v) is 6.40. The number of aldehydes is 1. The molecule has 19 heavy (non-hydrogen) atoms. The molecule has 0 bridgehead atoms. The molecule has 0 saturated heterocycles. The standard InChI is InChI=1S/C16H12ClNO/c1-10-3-2-4-11(7-10)16-14(9-19)13-8-12(17)5-6-15(13)18-16/h2-9,18H,1H3. The van der Waals surface area contributed by atoms with E-state index < -0.39 is 0 Å². The Morgan fingerprint density at radius 1 is 1.16 bits per heavy atom. The molecule has 2 nitrogen and oxygen atoms in total. The number of H-pyrrole nitrogens is 1. The number of hydrogen-bond acceptors (Lipinski definition) is 1. The number of aromatic amines is 1. The maximum Gasteiger partial charge on any atom is 0.152 e. The second kappa shape index (κ2) is 4.56. The number of carbonyl (C=O) groups excluding carboxylic acids is 1. The Balaban J connectivity index is 2.32. The van der Waals surface area contributed by atoms with Gasteiger partial charge >= 0.3 is 0 Å². The van der Waals surface area contributed by atoms with E-state index in [1.165, 1.54) is 0 Å². The summed E-state index contributed by atoms with van der Waals surface area (Å²) in [4.78, 5) is 14.7. The first kappa shape index (κ1) is 12.0. The van der Waals surface area contributed by atoms with Crippen molar-refractivity contribution < 1.29 is 4.79 Å². The van der Waals surface area contributed by atoms with Crippen LogP contribution in [0.1, 0.15) is 15.9 Å². The van der Waals surface area contributed by atoms with Crippen molar-refractivity contribution in [2.75, 3.05) is 0 Å². The van der Waals surface area contributed by atoms with Crippen molar-refractivity contribution in [3.63, 3.8) is 0 Å². The molecule has 0 aliphatic heterocycles. The highest BCUT2D eigenvalue weighted by atomic mass is 35.5. The predicted octanol–water partition coefficient (Wildman–Crippen LogP) is 4.61. The highest BCUT2D eigenvalue weighted by Crippen LogP contribution is 2.31. The number of hydrogen-bond donors (Lipinski definition) is 1. The van der Waals surface area contributed by atoms with Gasteiger partial charge in [-0.2, -0.15) is 0 Å². The van der Waals surface area contributed by atoms with E-state index in [0.29, 0.717) is 10.6 Å². The van der Waals surface area contributed by atoms with E-state index in [0.717, 1.165) is 34.0 Å². The van der Waals surface area contributed by atoms with Crippen molar-refractivity contribution in [3.8, 4) is 11.3 Å². The normalized spacial score (nSPS) is 10.8. The van der Waals surface area contributed by atoms with E-state index in [4.69, 9.17) is 11.6 Å². The lowest BCUT2D eigenvalue weighted by Gasteiger charge is -2.01. The summed E-state index contributed by atoms with van der Waals surface area (Å²) in [6.07, 6.45) is 0.882. The van der Waals surface area contributed by atoms with Gasteiger partial charge in [0, 0.05) is 21.5 Å². The van der Waals surface area contributed by atoms with E-state index in [-0.39, 0.29) is 0 Å². The zero-order chi connectivity index (χ0) is 13.4. The van der Waals surface area contributed by atoms with Crippen LogP contribution in [0.25, 0.3) is 22.2 Å².